The van der Waals surface area contributed by atoms with E-state index in [-0.39, 0.29) is 66.2 Å². The molecule has 0 radical (unpaired) electrons. The van der Waals surface area contributed by atoms with Crippen molar-refractivity contribution in [3.63, 3.8) is 0 Å². The van der Waals surface area contributed by atoms with E-state index in [4.69, 9.17) is 4.74 Å². The summed E-state index contributed by atoms with van der Waals surface area (Å²) in [7, 11) is 5.11. The monoisotopic (exact) mass is 654 g/mol. The van der Waals surface area contributed by atoms with Gasteiger partial charge in [0.2, 0.25) is 11.7 Å². The number of nitrogens with one attached hydrogen (secondary N) is 1. The molecule has 13 heteroatoms. The Morgan fingerprint density at radius 1 is 1.17 bits per heavy atom. The predicted octanol–water partition coefficient (Wildman–Crippen LogP) is 4.69. The van der Waals surface area contributed by atoms with Crippen LogP contribution in [0, 0.1) is 0 Å². The molecule has 6 rings (SSSR count). The number of Topliss-reactive ketones (excluding diaryl/α,β-unsaturated/α-hetero) is 1. The zero-order valence-electron chi connectivity index (χ0n) is 26.3. The maximum atomic E-state index is 13.1. The van der Waals surface area contributed by atoms with Gasteiger partial charge in [-0.15, -0.1) is 11.3 Å². The molecule has 12 nitrogen and oxygen atoms in total. The summed E-state index contributed by atoms with van der Waals surface area (Å²) in [5, 5.41) is 3.63. The molecule has 1 saturated heterocycles. The van der Waals surface area contributed by atoms with E-state index < -0.39 is 0 Å². The van der Waals surface area contributed by atoms with Gasteiger partial charge in [-0.3, -0.25) is 29.0 Å². The number of aliphatic imine (C=N–C) groups is 1. The van der Waals surface area contributed by atoms with Crippen LogP contribution in [0.15, 0.2) is 47.6 Å². The van der Waals surface area contributed by atoms with Crippen LogP contribution >= 0.6 is 11.3 Å². The number of imidazole rings is 1. The molecular formula is C34H34N6O6S. The highest BCUT2D eigenvalue weighted by atomic mass is 32.1. The highest BCUT2D eigenvalue weighted by Crippen LogP contribution is 2.34. The van der Waals surface area contributed by atoms with Crippen molar-refractivity contribution in [1.82, 2.24) is 19.4 Å². The molecule has 242 valence electrons. The summed E-state index contributed by atoms with van der Waals surface area (Å²) in [6.07, 6.45) is 6.38. The van der Waals surface area contributed by atoms with Gasteiger partial charge in [-0.2, -0.15) is 0 Å². The lowest BCUT2D eigenvalue weighted by molar-refractivity contribution is -0.116. The molecule has 2 aromatic heterocycles. The largest absolute Gasteiger partial charge is 0.493 e. The van der Waals surface area contributed by atoms with E-state index in [0.717, 1.165) is 28.5 Å². The maximum Gasteiger partial charge on any atom is 0.263 e. The van der Waals surface area contributed by atoms with Crippen molar-refractivity contribution in [3.8, 4) is 5.75 Å². The Balaban J connectivity index is 1.02. The number of nitrogens with zero attached hydrogens (tertiary/aromatic N) is 5. The Morgan fingerprint density at radius 2 is 2.00 bits per heavy atom. The molecule has 4 aromatic rings. The van der Waals surface area contributed by atoms with Gasteiger partial charge in [0.25, 0.3) is 11.8 Å². The van der Waals surface area contributed by atoms with Gasteiger partial charge in [-0.1, -0.05) is 6.07 Å². The van der Waals surface area contributed by atoms with E-state index >= 15 is 0 Å². The van der Waals surface area contributed by atoms with Crippen molar-refractivity contribution in [2.24, 2.45) is 12.0 Å². The second-order valence-corrected chi connectivity index (χ2v) is 12.9. The summed E-state index contributed by atoms with van der Waals surface area (Å²) in [5.41, 5.74) is 1.88. The number of rotatable bonds is 11. The minimum absolute atomic E-state index is 0.0389. The zero-order valence-corrected chi connectivity index (χ0v) is 27.1. The molecular weight excluding hydrogens is 620 g/mol. The second kappa shape index (κ2) is 13.3. The van der Waals surface area contributed by atoms with Crippen LogP contribution in [0.4, 0.5) is 11.5 Å². The number of amides is 3. The van der Waals surface area contributed by atoms with Gasteiger partial charge in [-0.25, -0.2) is 4.98 Å². The van der Waals surface area contributed by atoms with E-state index in [0.29, 0.717) is 41.1 Å². The van der Waals surface area contributed by atoms with Crippen LogP contribution in [-0.2, 0) is 18.3 Å². The molecule has 0 aliphatic carbocycles. The first-order valence-electron chi connectivity index (χ1n) is 15.3. The fourth-order valence-corrected chi connectivity index (χ4v) is 6.87. The minimum atomic E-state index is -0.301. The van der Waals surface area contributed by atoms with Crippen LogP contribution in [0.1, 0.15) is 72.3 Å². The van der Waals surface area contributed by atoms with Crippen molar-refractivity contribution in [2.75, 3.05) is 32.6 Å². The summed E-state index contributed by atoms with van der Waals surface area (Å²) < 4.78 is 8.38. The normalized spacial score (nSPS) is 15.3. The molecule has 4 heterocycles. The lowest BCUT2D eigenvalue weighted by Gasteiger charge is -2.20. The van der Waals surface area contributed by atoms with Gasteiger partial charge in [0.15, 0.2) is 17.9 Å². The van der Waals surface area contributed by atoms with Crippen molar-refractivity contribution >= 4 is 68.9 Å². The average Bonchev–Trinajstić information content (AvgIpc) is 3.77. The molecule has 2 aliphatic rings. The number of ether oxygens (including phenoxy) is 1. The topological polar surface area (TPSA) is 143 Å². The molecule has 0 bridgehead atoms. The molecule has 0 unspecified atom stereocenters. The molecule has 0 saturated carbocycles. The van der Waals surface area contributed by atoms with Gasteiger partial charge in [0.1, 0.15) is 5.75 Å². The number of fused-ring (bicyclic) bond motifs is 3. The Morgan fingerprint density at radius 3 is 2.79 bits per heavy atom. The number of ketones is 1. The van der Waals surface area contributed by atoms with Gasteiger partial charge in [0, 0.05) is 63.7 Å². The molecule has 47 heavy (non-hydrogen) atoms. The van der Waals surface area contributed by atoms with Crippen molar-refractivity contribution in [1.29, 1.82) is 0 Å². The fourth-order valence-electron chi connectivity index (χ4n) is 5.80. The molecule has 0 spiro atoms. The number of thiophene rings is 1. The number of aldehydes is 1. The lowest BCUT2D eigenvalue weighted by atomic mass is 10.1. The van der Waals surface area contributed by atoms with Gasteiger partial charge >= 0.3 is 0 Å². The summed E-state index contributed by atoms with van der Waals surface area (Å²) >= 11 is 1.41. The Hall–Kier alpha value is -5.17. The minimum Gasteiger partial charge on any atom is -0.493 e. The third kappa shape index (κ3) is 6.70. The van der Waals surface area contributed by atoms with Crippen LogP contribution in [0.5, 0.6) is 5.75 Å². The van der Waals surface area contributed by atoms with E-state index in [1.165, 1.54) is 22.3 Å². The molecule has 3 amide bonds. The molecule has 1 fully saturated rings. The molecule has 2 aromatic carbocycles. The van der Waals surface area contributed by atoms with Crippen LogP contribution in [-0.4, -0.2) is 88.6 Å². The Bertz CT molecular complexity index is 1940. The van der Waals surface area contributed by atoms with Crippen molar-refractivity contribution in [3.05, 3.63) is 70.0 Å². The van der Waals surface area contributed by atoms with E-state index in [1.807, 2.05) is 24.3 Å². The zero-order chi connectivity index (χ0) is 33.2. The summed E-state index contributed by atoms with van der Waals surface area (Å²) in [4.78, 5) is 75.7. The fraction of sp³-hybridized carbons (Fsp3) is 0.324. The number of carbonyl (C=O) groups excluding carboxylic acids is 5. The van der Waals surface area contributed by atoms with Gasteiger partial charge in [0.05, 0.1) is 34.3 Å². The molecule has 1 atom stereocenters. The highest BCUT2D eigenvalue weighted by Gasteiger charge is 2.32. The lowest BCUT2D eigenvalue weighted by Crippen LogP contribution is -2.35. The van der Waals surface area contributed by atoms with Crippen LogP contribution in [0.25, 0.3) is 10.1 Å². The second-order valence-electron chi connectivity index (χ2n) is 11.9. The van der Waals surface area contributed by atoms with Crippen molar-refractivity contribution in [2.45, 2.75) is 38.1 Å². The molecule has 1 N–H and O–H groups in total. The van der Waals surface area contributed by atoms with E-state index in [1.54, 1.807) is 49.1 Å². The Labute approximate surface area is 275 Å². The van der Waals surface area contributed by atoms with E-state index in [9.17, 15) is 24.0 Å². The molecule has 2 aliphatic heterocycles. The first kappa shape index (κ1) is 31.8. The first-order valence-corrected chi connectivity index (χ1v) is 16.1. The van der Waals surface area contributed by atoms with Crippen LogP contribution < -0.4 is 10.1 Å². The predicted molar refractivity (Wildman–Crippen MR) is 178 cm³/mol. The first-order chi connectivity index (χ1) is 22.6. The third-order valence-electron chi connectivity index (χ3n) is 8.19. The van der Waals surface area contributed by atoms with Crippen molar-refractivity contribution < 1.29 is 28.7 Å². The van der Waals surface area contributed by atoms with Gasteiger partial charge < -0.3 is 24.4 Å². The maximum absolute atomic E-state index is 13.1. The number of aromatic nitrogens is 2. The van der Waals surface area contributed by atoms with Gasteiger partial charge in [-0.05, 0) is 54.5 Å². The average molecular weight is 655 g/mol. The number of hydrogen-bond donors (Lipinski definition) is 1. The van der Waals surface area contributed by atoms with Crippen LogP contribution in [0.3, 0.4) is 0 Å². The highest BCUT2D eigenvalue weighted by molar-refractivity contribution is 7.20. The van der Waals surface area contributed by atoms with Crippen LogP contribution in [0.2, 0.25) is 0 Å². The SMILES string of the molecule is CN(C)C(=O)c1cc2cc(CC(=O)c3nc(NC(=O)CCCOc4cc5c(cc4C=O)C(=O)N4CCC[C@H]4C=N5)cn3C)ccc2s1. The smallest absolute Gasteiger partial charge is 0.263 e. The summed E-state index contributed by atoms with van der Waals surface area (Å²) in [5.74, 6) is 0.0643. The quantitative estimate of drug-likeness (QED) is 0.140. The Kier molecular flexibility index (Phi) is 8.99. The summed E-state index contributed by atoms with van der Waals surface area (Å²) in [6.45, 7) is 0.822. The standard InChI is InChI=1S/C34H34N6O6S/c1-38(2)34(45)29-15-21-12-20(8-9-28(21)47-29)13-26(42)32-37-30(18-39(32)3)36-31(43)7-5-11-46-27-16-25-24(14-22(27)19-41)33(44)40-10-4-6-23(40)17-35-25/h8-9,12,14-19,23H,4-7,10-11,13H2,1-3H3,(H,36,43)/t23-/m0/s1. The van der Waals surface area contributed by atoms with E-state index in [2.05, 4.69) is 15.3 Å². The number of benzene rings is 2. The summed E-state index contributed by atoms with van der Waals surface area (Å²) in [6, 6.07) is 10.6. The number of aryl methyl sites for hydroxylation is 1. The number of carbonyl (C=O) groups is 5. The third-order valence-corrected chi connectivity index (χ3v) is 9.30. The number of hydrogen-bond acceptors (Lipinski definition) is 9. The number of anilines is 1.